The molecule has 1 aliphatic heterocycles. The van der Waals surface area contributed by atoms with Crippen LogP contribution in [0.5, 0.6) is 0 Å². The Balaban J connectivity index is 0.943. The molecule has 0 saturated carbocycles. The van der Waals surface area contributed by atoms with Crippen LogP contribution in [0.2, 0.25) is 0 Å². The SMILES string of the molecule is CN1c2c(c3ccccc3c3ccccc23)N=C(C(C)(C)C)C1c1cccc(-c2cccc(-c3ccc(-c4ccc5c6ccccc6n(-c6ccccc6)c5c4)cc3)c2)c1. The predicted octanol–water partition coefficient (Wildman–Crippen LogP) is 15.4. The lowest BCUT2D eigenvalue weighted by Crippen LogP contribution is -2.39. The van der Waals surface area contributed by atoms with E-state index in [-0.39, 0.29) is 11.5 Å². The molecule has 0 aliphatic carbocycles. The molecule has 1 unspecified atom stereocenters. The minimum absolute atomic E-state index is 0.0223. The standard InChI is InChI=1S/C57H45N3/c1-57(2,3)56-54(59(4)55-50-26-11-9-23-46(50)45-22-8-10-25-49(45)53(55)58-56)43-19-15-18-41(35-43)40-17-14-16-39(34-40)37-28-30-38(31-29-37)42-32-33-48-47-24-12-13-27-51(47)60(52(48)36-42)44-20-6-5-7-21-44/h5-36,54H,1-4H3. The van der Waals surface area contributed by atoms with E-state index >= 15 is 0 Å². The van der Waals surface area contributed by atoms with E-state index in [0.717, 1.165) is 5.69 Å². The third kappa shape index (κ3) is 5.84. The van der Waals surface area contributed by atoms with Gasteiger partial charge in [-0.05, 0) is 86.1 Å². The summed E-state index contributed by atoms with van der Waals surface area (Å²) in [5.74, 6) is 0. The van der Waals surface area contributed by atoms with Crippen molar-refractivity contribution in [2.75, 3.05) is 11.9 Å². The van der Waals surface area contributed by atoms with Crippen LogP contribution < -0.4 is 4.90 Å². The smallest absolute Gasteiger partial charge is 0.0948 e. The summed E-state index contributed by atoms with van der Waals surface area (Å²) in [7, 11) is 2.25. The number of benzene rings is 9. The van der Waals surface area contributed by atoms with E-state index in [1.807, 2.05) is 0 Å². The molecule has 1 atom stereocenters. The van der Waals surface area contributed by atoms with Crippen LogP contribution in [0.25, 0.3) is 82.4 Å². The second-order valence-electron chi connectivity index (χ2n) is 17.3. The van der Waals surface area contributed by atoms with Crippen molar-refractivity contribution in [2.24, 2.45) is 10.4 Å². The number of aromatic nitrogens is 1. The Hall–Kier alpha value is -7.23. The monoisotopic (exact) mass is 771 g/mol. The van der Waals surface area contributed by atoms with Crippen LogP contribution in [-0.2, 0) is 0 Å². The molecular formula is C57H45N3. The predicted molar refractivity (Wildman–Crippen MR) is 256 cm³/mol. The Labute approximate surface area is 351 Å². The Morgan fingerprint density at radius 3 is 1.63 bits per heavy atom. The topological polar surface area (TPSA) is 20.5 Å². The number of rotatable bonds is 5. The van der Waals surface area contributed by atoms with E-state index in [9.17, 15) is 0 Å². The second kappa shape index (κ2) is 14.0. The van der Waals surface area contributed by atoms with Gasteiger partial charge in [-0.1, -0.05) is 178 Å². The Bertz CT molecular complexity index is 3310. The van der Waals surface area contributed by atoms with Gasteiger partial charge in [0.25, 0.3) is 0 Å². The molecule has 9 aromatic carbocycles. The highest BCUT2D eigenvalue weighted by molar-refractivity contribution is 6.22. The lowest BCUT2D eigenvalue weighted by Gasteiger charge is -2.41. The van der Waals surface area contributed by atoms with Crippen molar-refractivity contribution < 1.29 is 0 Å². The van der Waals surface area contributed by atoms with Gasteiger partial charge in [-0.25, -0.2) is 0 Å². The highest BCUT2D eigenvalue weighted by Gasteiger charge is 2.37. The first-order valence-electron chi connectivity index (χ1n) is 21.0. The van der Waals surface area contributed by atoms with Crippen LogP contribution in [0.4, 0.5) is 11.4 Å². The normalized spacial score (nSPS) is 14.2. The molecule has 0 radical (unpaired) electrons. The van der Waals surface area contributed by atoms with E-state index in [2.05, 4.69) is 231 Å². The first kappa shape index (κ1) is 35.9. The molecule has 0 amide bonds. The van der Waals surface area contributed by atoms with Crippen LogP contribution in [0.1, 0.15) is 32.4 Å². The molecule has 10 aromatic rings. The molecule has 0 bridgehead atoms. The first-order chi connectivity index (χ1) is 29.3. The Morgan fingerprint density at radius 1 is 0.417 bits per heavy atom. The number of hydrogen-bond acceptors (Lipinski definition) is 2. The van der Waals surface area contributed by atoms with E-state index in [1.54, 1.807) is 0 Å². The van der Waals surface area contributed by atoms with Crippen LogP contribution in [0, 0.1) is 5.41 Å². The number of aliphatic imine (C=N–C) groups is 1. The maximum atomic E-state index is 5.60. The molecule has 1 aliphatic rings. The fraction of sp³-hybridized carbons (Fsp3) is 0.105. The molecule has 3 heteroatoms. The van der Waals surface area contributed by atoms with Gasteiger partial charge in [0, 0.05) is 39.7 Å². The summed E-state index contributed by atoms with van der Waals surface area (Å²) in [6, 6.07) is 70.9. The van der Waals surface area contributed by atoms with Crippen LogP contribution >= 0.6 is 0 Å². The van der Waals surface area contributed by atoms with Crippen molar-refractivity contribution in [3.05, 3.63) is 200 Å². The van der Waals surface area contributed by atoms with E-state index in [1.165, 1.54) is 99.4 Å². The second-order valence-corrected chi connectivity index (χ2v) is 17.3. The molecule has 11 rings (SSSR count). The van der Waals surface area contributed by atoms with Crippen molar-refractivity contribution in [1.29, 1.82) is 0 Å². The van der Waals surface area contributed by atoms with Gasteiger partial charge < -0.3 is 9.47 Å². The number of anilines is 1. The van der Waals surface area contributed by atoms with Gasteiger partial charge in [0.15, 0.2) is 0 Å². The van der Waals surface area contributed by atoms with Gasteiger partial charge in [-0.3, -0.25) is 4.99 Å². The summed E-state index contributed by atoms with van der Waals surface area (Å²) < 4.78 is 2.38. The van der Waals surface area contributed by atoms with Gasteiger partial charge in [0.05, 0.1) is 34.2 Å². The van der Waals surface area contributed by atoms with Crippen molar-refractivity contribution in [2.45, 2.75) is 26.8 Å². The molecule has 288 valence electrons. The highest BCUT2D eigenvalue weighted by Crippen LogP contribution is 2.51. The van der Waals surface area contributed by atoms with Gasteiger partial charge in [0.2, 0.25) is 0 Å². The van der Waals surface area contributed by atoms with Crippen LogP contribution in [0.3, 0.4) is 0 Å². The molecule has 0 spiro atoms. The summed E-state index contributed by atoms with van der Waals surface area (Å²) in [5, 5.41) is 7.48. The number of hydrogen-bond donors (Lipinski definition) is 0. The fourth-order valence-electron chi connectivity index (χ4n) is 9.65. The van der Waals surface area contributed by atoms with E-state index in [0.29, 0.717) is 0 Å². The minimum Gasteiger partial charge on any atom is -0.360 e. The van der Waals surface area contributed by atoms with Gasteiger partial charge >= 0.3 is 0 Å². The lowest BCUT2D eigenvalue weighted by atomic mass is 9.80. The fourth-order valence-corrected chi connectivity index (χ4v) is 9.65. The molecule has 0 N–H and O–H groups in total. The zero-order chi connectivity index (χ0) is 40.5. The van der Waals surface area contributed by atoms with Gasteiger partial charge in [-0.15, -0.1) is 0 Å². The molecule has 2 heterocycles. The van der Waals surface area contributed by atoms with Crippen molar-refractivity contribution in [3.8, 4) is 39.1 Å². The van der Waals surface area contributed by atoms with Crippen molar-refractivity contribution in [3.63, 3.8) is 0 Å². The molecule has 60 heavy (non-hydrogen) atoms. The summed E-state index contributed by atoms with van der Waals surface area (Å²) in [4.78, 5) is 8.08. The average molecular weight is 772 g/mol. The van der Waals surface area contributed by atoms with Gasteiger partial charge in [-0.2, -0.15) is 0 Å². The van der Waals surface area contributed by atoms with Crippen molar-refractivity contribution >= 4 is 60.4 Å². The maximum Gasteiger partial charge on any atom is 0.0948 e. The quantitative estimate of drug-likeness (QED) is 0.160. The highest BCUT2D eigenvalue weighted by atomic mass is 15.2. The van der Waals surface area contributed by atoms with E-state index < -0.39 is 0 Å². The molecule has 1 aromatic heterocycles. The average Bonchev–Trinajstić information content (AvgIpc) is 3.62. The number of para-hydroxylation sites is 2. The lowest BCUT2D eigenvalue weighted by molar-refractivity contribution is 0.559. The van der Waals surface area contributed by atoms with Crippen molar-refractivity contribution in [1.82, 2.24) is 4.57 Å². The summed E-state index contributed by atoms with van der Waals surface area (Å²) in [6.45, 7) is 6.88. The number of fused-ring (bicyclic) bond motifs is 9. The first-order valence-corrected chi connectivity index (χ1v) is 21.0. The molecule has 0 saturated heterocycles. The third-order valence-electron chi connectivity index (χ3n) is 12.5. The number of nitrogens with zero attached hydrogens (tertiary/aromatic N) is 3. The van der Waals surface area contributed by atoms with Gasteiger partial charge in [0.1, 0.15) is 0 Å². The zero-order valence-electron chi connectivity index (χ0n) is 34.4. The minimum atomic E-state index is -0.155. The Kier molecular flexibility index (Phi) is 8.35. The summed E-state index contributed by atoms with van der Waals surface area (Å²) in [6.07, 6.45) is 0. The van der Waals surface area contributed by atoms with Crippen LogP contribution in [0.15, 0.2) is 199 Å². The molecular weight excluding hydrogens is 727 g/mol. The molecule has 0 fully saturated rings. The maximum absolute atomic E-state index is 5.60. The zero-order valence-corrected chi connectivity index (χ0v) is 34.4. The molecule has 3 nitrogen and oxygen atoms in total. The van der Waals surface area contributed by atoms with E-state index in [4.69, 9.17) is 4.99 Å². The summed E-state index contributed by atoms with van der Waals surface area (Å²) in [5.41, 5.74) is 15.3. The third-order valence-corrected chi connectivity index (χ3v) is 12.5. The largest absolute Gasteiger partial charge is 0.360 e. The van der Waals surface area contributed by atoms with Crippen LogP contribution in [-0.4, -0.2) is 17.3 Å². The Morgan fingerprint density at radius 2 is 0.933 bits per heavy atom. The summed E-state index contributed by atoms with van der Waals surface area (Å²) >= 11 is 0.